The number of carbonyl (C=O) groups excluding carboxylic acids is 1. The summed E-state index contributed by atoms with van der Waals surface area (Å²) in [5, 5.41) is 6.48. The van der Waals surface area contributed by atoms with E-state index in [2.05, 4.69) is 20.6 Å². The van der Waals surface area contributed by atoms with Gasteiger partial charge in [-0.3, -0.25) is 4.79 Å². The second-order valence-electron chi connectivity index (χ2n) is 6.23. The Morgan fingerprint density at radius 2 is 2.10 bits per heavy atom. The van der Waals surface area contributed by atoms with Gasteiger partial charge in [0.2, 0.25) is 0 Å². The van der Waals surface area contributed by atoms with Gasteiger partial charge >= 0.3 is 0 Å². The van der Waals surface area contributed by atoms with E-state index in [1.54, 1.807) is 6.20 Å². The maximum Gasteiger partial charge on any atom is 0.254 e. The molecule has 5 nitrogen and oxygen atoms in total. The predicted molar refractivity (Wildman–Crippen MR) is 81.3 cm³/mol. The minimum Gasteiger partial charge on any atom is -0.349 e. The Kier molecular flexibility index (Phi) is 4.48. The average Bonchev–Trinajstić information content (AvgIpc) is 3.01. The minimum atomic E-state index is -0.0206. The summed E-state index contributed by atoms with van der Waals surface area (Å²) in [6.45, 7) is 3.93. The van der Waals surface area contributed by atoms with Crippen LogP contribution < -0.4 is 10.6 Å². The molecule has 3 rings (SSSR count). The molecule has 0 unspecified atom stereocenters. The van der Waals surface area contributed by atoms with Gasteiger partial charge in [0.05, 0.1) is 11.3 Å². The molecule has 1 saturated carbocycles. The largest absolute Gasteiger partial charge is 0.349 e. The van der Waals surface area contributed by atoms with Crippen molar-refractivity contribution >= 4 is 5.91 Å². The number of hydrogen-bond acceptors (Lipinski definition) is 4. The molecule has 114 valence electrons. The van der Waals surface area contributed by atoms with Gasteiger partial charge in [-0.2, -0.15) is 0 Å². The summed E-state index contributed by atoms with van der Waals surface area (Å²) >= 11 is 0. The maximum absolute atomic E-state index is 12.3. The first-order valence-electron chi connectivity index (χ1n) is 8.09. The van der Waals surface area contributed by atoms with E-state index in [4.69, 9.17) is 0 Å². The van der Waals surface area contributed by atoms with Gasteiger partial charge in [-0.05, 0) is 39.2 Å². The predicted octanol–water partition coefficient (Wildman–Crippen LogP) is 1.92. The Labute approximate surface area is 125 Å². The molecule has 0 aromatic carbocycles. The van der Waals surface area contributed by atoms with Gasteiger partial charge in [0.1, 0.15) is 5.82 Å². The summed E-state index contributed by atoms with van der Waals surface area (Å²) in [6, 6.07) is 0.333. The summed E-state index contributed by atoms with van der Waals surface area (Å²) in [7, 11) is 0. The van der Waals surface area contributed by atoms with Crippen LogP contribution in [-0.4, -0.2) is 35.0 Å². The van der Waals surface area contributed by atoms with Crippen LogP contribution in [0.5, 0.6) is 0 Å². The minimum absolute atomic E-state index is 0.0206. The Morgan fingerprint density at radius 3 is 2.76 bits per heavy atom. The van der Waals surface area contributed by atoms with E-state index in [0.29, 0.717) is 17.5 Å². The molecule has 1 atom stereocenters. The lowest BCUT2D eigenvalue weighted by Crippen LogP contribution is -2.34. The third kappa shape index (κ3) is 3.40. The summed E-state index contributed by atoms with van der Waals surface area (Å²) in [5.41, 5.74) is 1.41. The molecule has 2 fully saturated rings. The number of rotatable bonds is 3. The van der Waals surface area contributed by atoms with E-state index < -0.39 is 0 Å². The van der Waals surface area contributed by atoms with Crippen LogP contribution in [0.2, 0.25) is 0 Å². The van der Waals surface area contributed by atoms with Crippen molar-refractivity contribution in [2.75, 3.05) is 13.1 Å². The van der Waals surface area contributed by atoms with Crippen LogP contribution in [0, 0.1) is 6.92 Å². The van der Waals surface area contributed by atoms with Crippen LogP contribution in [0.3, 0.4) is 0 Å². The van der Waals surface area contributed by atoms with Gasteiger partial charge in [-0.25, -0.2) is 9.97 Å². The highest BCUT2D eigenvalue weighted by molar-refractivity contribution is 5.95. The topological polar surface area (TPSA) is 66.9 Å². The molecule has 2 N–H and O–H groups in total. The van der Waals surface area contributed by atoms with Crippen molar-refractivity contribution in [3.63, 3.8) is 0 Å². The summed E-state index contributed by atoms with van der Waals surface area (Å²) in [4.78, 5) is 21.3. The third-order valence-corrected chi connectivity index (χ3v) is 4.60. The van der Waals surface area contributed by atoms with Crippen molar-refractivity contribution in [1.29, 1.82) is 0 Å². The molecule has 0 bridgehead atoms. The summed E-state index contributed by atoms with van der Waals surface area (Å²) < 4.78 is 0. The molecule has 1 aliphatic heterocycles. The molecule has 21 heavy (non-hydrogen) atoms. The summed E-state index contributed by atoms with van der Waals surface area (Å²) in [6.07, 6.45) is 8.62. The number of nitrogens with zero attached hydrogens (tertiary/aromatic N) is 2. The van der Waals surface area contributed by atoms with E-state index in [0.717, 1.165) is 50.3 Å². The third-order valence-electron chi connectivity index (χ3n) is 4.60. The second kappa shape index (κ2) is 6.52. The number of amides is 1. The fraction of sp³-hybridized carbons (Fsp3) is 0.688. The first-order valence-corrected chi connectivity index (χ1v) is 8.09. The van der Waals surface area contributed by atoms with Gasteiger partial charge < -0.3 is 10.6 Å². The molecule has 2 aliphatic rings. The van der Waals surface area contributed by atoms with Crippen LogP contribution in [-0.2, 0) is 0 Å². The quantitative estimate of drug-likeness (QED) is 0.892. The smallest absolute Gasteiger partial charge is 0.254 e. The number of aromatic nitrogens is 2. The molecule has 1 aromatic rings. The van der Waals surface area contributed by atoms with Gasteiger partial charge in [0.25, 0.3) is 5.91 Å². The number of hydrogen-bond donors (Lipinski definition) is 2. The van der Waals surface area contributed by atoms with E-state index in [-0.39, 0.29) is 5.91 Å². The van der Waals surface area contributed by atoms with Crippen LogP contribution in [0.1, 0.15) is 66.3 Å². The zero-order valence-electron chi connectivity index (χ0n) is 12.7. The number of nitrogens with one attached hydrogen (secondary N) is 2. The van der Waals surface area contributed by atoms with Crippen LogP contribution in [0.15, 0.2) is 6.20 Å². The van der Waals surface area contributed by atoms with Gasteiger partial charge in [0.15, 0.2) is 0 Å². The van der Waals surface area contributed by atoms with Crippen molar-refractivity contribution in [2.45, 2.75) is 57.4 Å². The standard InChI is InChI=1S/C16H24N4O/c1-11-14(16(21)20-13-6-2-3-7-13)10-18-15(19-11)12-5-4-8-17-9-12/h10,12-13,17H,2-9H2,1H3,(H,20,21)/t12-/m1/s1. The molecule has 2 heterocycles. The number of aryl methyl sites for hydroxylation is 1. The highest BCUT2D eigenvalue weighted by Crippen LogP contribution is 2.21. The van der Waals surface area contributed by atoms with Crippen molar-refractivity contribution < 1.29 is 4.79 Å². The molecule has 0 spiro atoms. The highest BCUT2D eigenvalue weighted by Gasteiger charge is 2.22. The molecule has 0 radical (unpaired) electrons. The normalized spacial score (nSPS) is 23.2. The lowest BCUT2D eigenvalue weighted by atomic mass is 9.98. The summed E-state index contributed by atoms with van der Waals surface area (Å²) in [5.74, 6) is 1.23. The van der Waals surface area contributed by atoms with Gasteiger partial charge in [-0.15, -0.1) is 0 Å². The molecule has 1 saturated heterocycles. The van der Waals surface area contributed by atoms with E-state index >= 15 is 0 Å². The SMILES string of the molecule is Cc1nc([C@@H]2CCCNC2)ncc1C(=O)NC1CCCC1. The van der Waals surface area contributed by atoms with Crippen molar-refractivity contribution in [1.82, 2.24) is 20.6 Å². The first-order chi connectivity index (χ1) is 10.2. The average molecular weight is 288 g/mol. The molecule has 1 aliphatic carbocycles. The molecular formula is C16H24N4O. The Hall–Kier alpha value is -1.49. The number of carbonyl (C=O) groups is 1. The zero-order valence-corrected chi connectivity index (χ0v) is 12.7. The Balaban J connectivity index is 1.69. The fourth-order valence-electron chi connectivity index (χ4n) is 3.31. The maximum atomic E-state index is 12.3. The molecule has 1 aromatic heterocycles. The van der Waals surface area contributed by atoms with E-state index in [1.807, 2.05) is 6.92 Å². The fourth-order valence-corrected chi connectivity index (χ4v) is 3.31. The van der Waals surface area contributed by atoms with Crippen LogP contribution in [0.25, 0.3) is 0 Å². The van der Waals surface area contributed by atoms with Crippen molar-refractivity contribution in [3.05, 3.63) is 23.3 Å². The van der Waals surface area contributed by atoms with Gasteiger partial charge in [0, 0.05) is 24.7 Å². The molecule has 5 heteroatoms. The van der Waals surface area contributed by atoms with Crippen LogP contribution in [0.4, 0.5) is 0 Å². The van der Waals surface area contributed by atoms with E-state index in [9.17, 15) is 4.79 Å². The lowest BCUT2D eigenvalue weighted by Gasteiger charge is -2.22. The number of piperidine rings is 1. The molecule has 1 amide bonds. The zero-order chi connectivity index (χ0) is 14.7. The molecular weight excluding hydrogens is 264 g/mol. The van der Waals surface area contributed by atoms with E-state index in [1.165, 1.54) is 12.8 Å². The first kappa shape index (κ1) is 14.4. The Morgan fingerprint density at radius 1 is 1.29 bits per heavy atom. The van der Waals surface area contributed by atoms with Crippen molar-refractivity contribution in [3.8, 4) is 0 Å². The Bertz CT molecular complexity index is 505. The second-order valence-corrected chi connectivity index (χ2v) is 6.23. The highest BCUT2D eigenvalue weighted by atomic mass is 16.1. The lowest BCUT2D eigenvalue weighted by molar-refractivity contribution is 0.0936. The van der Waals surface area contributed by atoms with Gasteiger partial charge in [-0.1, -0.05) is 12.8 Å². The monoisotopic (exact) mass is 288 g/mol. The van der Waals surface area contributed by atoms with Crippen LogP contribution >= 0.6 is 0 Å². The van der Waals surface area contributed by atoms with Crippen molar-refractivity contribution in [2.24, 2.45) is 0 Å².